The first-order valence-electron chi connectivity index (χ1n) is 7.25. The number of fused-ring (bicyclic) bond motifs is 1. The highest BCUT2D eigenvalue weighted by atomic mass is 16.5. The maximum Gasteiger partial charge on any atom is 0.123 e. The van der Waals surface area contributed by atoms with Gasteiger partial charge in [-0.15, -0.1) is 0 Å². The van der Waals surface area contributed by atoms with Crippen LogP contribution in [0.4, 0.5) is 0 Å². The summed E-state index contributed by atoms with van der Waals surface area (Å²) < 4.78 is 6.29. The van der Waals surface area contributed by atoms with Gasteiger partial charge in [0.15, 0.2) is 0 Å². The number of ether oxygens (including phenoxy) is 1. The van der Waals surface area contributed by atoms with E-state index in [1.807, 2.05) is 0 Å². The molecule has 3 aliphatic rings. The van der Waals surface area contributed by atoms with E-state index in [4.69, 9.17) is 4.74 Å². The predicted molar refractivity (Wildman–Crippen MR) is 72.0 cm³/mol. The second kappa shape index (κ2) is 3.74. The van der Waals surface area contributed by atoms with Crippen LogP contribution in [0.1, 0.15) is 31.2 Å². The largest absolute Gasteiger partial charge is 0.489 e. The summed E-state index contributed by atoms with van der Waals surface area (Å²) in [7, 11) is 2.26. The van der Waals surface area contributed by atoms with E-state index in [2.05, 4.69) is 36.2 Å². The molecule has 0 amide bonds. The van der Waals surface area contributed by atoms with Crippen molar-refractivity contribution in [3.63, 3.8) is 0 Å². The molecule has 2 fully saturated rings. The summed E-state index contributed by atoms with van der Waals surface area (Å²) in [5.74, 6) is 1.96. The highest BCUT2D eigenvalue weighted by Crippen LogP contribution is 2.56. The fourth-order valence-electron chi connectivity index (χ4n) is 4.59. The van der Waals surface area contributed by atoms with Crippen LogP contribution in [0, 0.1) is 5.92 Å². The van der Waals surface area contributed by atoms with Crippen molar-refractivity contribution in [1.29, 1.82) is 0 Å². The molecule has 96 valence electrons. The van der Waals surface area contributed by atoms with E-state index >= 15 is 0 Å². The van der Waals surface area contributed by atoms with Gasteiger partial charge in [-0.3, -0.25) is 0 Å². The highest BCUT2D eigenvalue weighted by Gasteiger charge is 2.56. The number of piperidine rings is 1. The second-order valence-electron chi connectivity index (χ2n) is 6.28. The first kappa shape index (κ1) is 10.9. The third kappa shape index (κ3) is 1.27. The molecule has 18 heavy (non-hydrogen) atoms. The van der Waals surface area contributed by atoms with Gasteiger partial charge in [0.2, 0.25) is 0 Å². The molecule has 2 heterocycles. The van der Waals surface area contributed by atoms with Crippen molar-refractivity contribution < 1.29 is 4.74 Å². The summed E-state index contributed by atoms with van der Waals surface area (Å²) in [6, 6.07) is 8.77. The summed E-state index contributed by atoms with van der Waals surface area (Å²) in [4.78, 5) is 2.50. The van der Waals surface area contributed by atoms with Gasteiger partial charge in [0.05, 0.1) is 0 Å². The maximum atomic E-state index is 6.29. The third-order valence-corrected chi connectivity index (χ3v) is 5.42. The minimum Gasteiger partial charge on any atom is -0.489 e. The van der Waals surface area contributed by atoms with Crippen LogP contribution in [0.3, 0.4) is 0 Å². The van der Waals surface area contributed by atoms with Crippen LogP contribution in [0.5, 0.6) is 5.75 Å². The van der Waals surface area contributed by atoms with E-state index < -0.39 is 0 Å². The molecule has 1 saturated carbocycles. The van der Waals surface area contributed by atoms with Crippen molar-refractivity contribution in [3.8, 4) is 5.75 Å². The summed E-state index contributed by atoms with van der Waals surface area (Å²) in [6.07, 6.45) is 5.67. The van der Waals surface area contributed by atoms with Crippen molar-refractivity contribution in [1.82, 2.24) is 4.90 Å². The minimum atomic E-state index is 0.335. The topological polar surface area (TPSA) is 12.5 Å². The summed E-state index contributed by atoms with van der Waals surface area (Å²) >= 11 is 0. The zero-order chi connectivity index (χ0) is 12.2. The van der Waals surface area contributed by atoms with Crippen LogP contribution in [-0.2, 0) is 5.41 Å². The van der Waals surface area contributed by atoms with Crippen molar-refractivity contribution in [3.05, 3.63) is 29.8 Å². The molecule has 1 saturated heterocycles. The van der Waals surface area contributed by atoms with Gasteiger partial charge in [-0.1, -0.05) is 18.2 Å². The Labute approximate surface area is 109 Å². The van der Waals surface area contributed by atoms with Crippen LogP contribution in [-0.4, -0.2) is 31.1 Å². The summed E-state index contributed by atoms with van der Waals surface area (Å²) in [6.45, 7) is 2.46. The normalized spacial score (nSPS) is 38.5. The fraction of sp³-hybridized carbons (Fsp3) is 0.625. The lowest BCUT2D eigenvalue weighted by atomic mass is 9.58. The lowest BCUT2D eigenvalue weighted by molar-refractivity contribution is 0.000270. The fourth-order valence-corrected chi connectivity index (χ4v) is 4.59. The average molecular weight is 243 g/mol. The van der Waals surface area contributed by atoms with Gasteiger partial charge in [-0.05, 0) is 51.3 Å². The third-order valence-electron chi connectivity index (χ3n) is 5.42. The second-order valence-corrected chi connectivity index (χ2v) is 6.28. The molecule has 0 bridgehead atoms. The van der Waals surface area contributed by atoms with E-state index in [9.17, 15) is 0 Å². The molecule has 0 radical (unpaired) electrons. The molecular formula is C16H21NO. The molecule has 1 aromatic rings. The minimum absolute atomic E-state index is 0.335. The Hall–Kier alpha value is -1.02. The molecule has 0 aromatic heterocycles. The Bertz CT molecular complexity index is 472. The number of hydrogen-bond acceptors (Lipinski definition) is 2. The van der Waals surface area contributed by atoms with Crippen LogP contribution in [0.15, 0.2) is 24.3 Å². The monoisotopic (exact) mass is 243 g/mol. The van der Waals surface area contributed by atoms with Crippen molar-refractivity contribution in [2.45, 2.75) is 37.2 Å². The SMILES string of the molecule is CN1CCC23c4ccccc4OC2CCCC3C1. The predicted octanol–water partition coefficient (Wildman–Crippen LogP) is 2.82. The molecule has 1 aliphatic carbocycles. The maximum absolute atomic E-state index is 6.29. The number of benzene rings is 1. The zero-order valence-electron chi connectivity index (χ0n) is 11.1. The lowest BCUT2D eigenvalue weighted by Crippen LogP contribution is -2.55. The standard InChI is InChI=1S/C16H21NO/c1-17-10-9-16-12(11-17)5-4-8-15(16)18-14-7-3-2-6-13(14)16/h2-3,6-7,12,15H,4-5,8-11H2,1H3. The molecule has 4 rings (SSSR count). The van der Waals surface area contributed by atoms with E-state index in [1.54, 1.807) is 0 Å². The molecule has 1 aromatic carbocycles. The van der Waals surface area contributed by atoms with Gasteiger partial charge in [0.25, 0.3) is 0 Å². The number of para-hydroxylation sites is 1. The lowest BCUT2D eigenvalue weighted by Gasteiger charge is -2.50. The molecule has 2 heteroatoms. The molecule has 1 spiro atoms. The first-order chi connectivity index (χ1) is 8.80. The Balaban J connectivity index is 1.84. The van der Waals surface area contributed by atoms with Gasteiger partial charge in [0, 0.05) is 17.5 Å². The van der Waals surface area contributed by atoms with Crippen LogP contribution < -0.4 is 4.74 Å². The van der Waals surface area contributed by atoms with Gasteiger partial charge in [0.1, 0.15) is 11.9 Å². The van der Waals surface area contributed by atoms with Gasteiger partial charge < -0.3 is 9.64 Å². The molecule has 3 atom stereocenters. The number of hydrogen-bond donors (Lipinski definition) is 0. The van der Waals surface area contributed by atoms with Gasteiger partial charge in [-0.25, -0.2) is 0 Å². The highest BCUT2D eigenvalue weighted by molar-refractivity contribution is 5.46. The van der Waals surface area contributed by atoms with E-state index in [-0.39, 0.29) is 0 Å². The quantitative estimate of drug-likeness (QED) is 0.694. The molecular weight excluding hydrogens is 222 g/mol. The molecule has 2 aliphatic heterocycles. The number of nitrogens with zero attached hydrogens (tertiary/aromatic N) is 1. The first-order valence-corrected chi connectivity index (χ1v) is 7.25. The van der Waals surface area contributed by atoms with Crippen LogP contribution in [0.2, 0.25) is 0 Å². The number of rotatable bonds is 0. The Morgan fingerprint density at radius 3 is 3.11 bits per heavy atom. The summed E-state index contributed by atoms with van der Waals surface area (Å²) in [5, 5.41) is 0. The van der Waals surface area contributed by atoms with Crippen molar-refractivity contribution in [2.24, 2.45) is 5.92 Å². The van der Waals surface area contributed by atoms with Crippen molar-refractivity contribution >= 4 is 0 Å². The van der Waals surface area contributed by atoms with E-state index in [0.717, 1.165) is 5.92 Å². The van der Waals surface area contributed by atoms with E-state index in [1.165, 1.54) is 50.1 Å². The van der Waals surface area contributed by atoms with Crippen LogP contribution in [0.25, 0.3) is 0 Å². The molecule has 0 N–H and O–H groups in total. The summed E-state index contributed by atoms with van der Waals surface area (Å²) in [5.41, 5.74) is 1.84. The Kier molecular flexibility index (Phi) is 2.25. The average Bonchev–Trinajstić information content (AvgIpc) is 2.72. The molecule has 2 nitrogen and oxygen atoms in total. The van der Waals surface area contributed by atoms with Gasteiger partial charge in [-0.2, -0.15) is 0 Å². The smallest absolute Gasteiger partial charge is 0.123 e. The van der Waals surface area contributed by atoms with E-state index in [0.29, 0.717) is 11.5 Å². The van der Waals surface area contributed by atoms with Crippen LogP contribution >= 0.6 is 0 Å². The zero-order valence-corrected chi connectivity index (χ0v) is 11.1. The van der Waals surface area contributed by atoms with Gasteiger partial charge >= 0.3 is 0 Å². The number of likely N-dealkylation sites (tertiary alicyclic amines) is 1. The van der Waals surface area contributed by atoms with Crippen molar-refractivity contribution in [2.75, 3.05) is 20.1 Å². The Morgan fingerprint density at radius 2 is 2.17 bits per heavy atom. The molecule has 3 unspecified atom stereocenters. The Morgan fingerprint density at radius 1 is 1.28 bits per heavy atom.